The number of imidazole rings is 1. The Hall–Kier alpha value is -1.60. The fraction of sp³-hybridized carbons (Fsp3) is 0.500. The molecule has 0 radical (unpaired) electrons. The van der Waals surface area contributed by atoms with E-state index in [1.54, 1.807) is 0 Å². The molecule has 138 valence electrons. The zero-order valence-electron chi connectivity index (χ0n) is 14.6. The minimum absolute atomic E-state index is 0. The first-order valence-electron chi connectivity index (χ1n) is 8.52. The predicted octanol–water partition coefficient (Wildman–Crippen LogP) is 1.88. The lowest BCUT2D eigenvalue weighted by molar-refractivity contribution is 0.0588. The van der Waals surface area contributed by atoms with E-state index in [4.69, 9.17) is 9.47 Å². The molecule has 1 unspecified atom stereocenters. The van der Waals surface area contributed by atoms with E-state index in [0.29, 0.717) is 25.9 Å². The topological polar surface area (TPSA) is 51.6 Å². The van der Waals surface area contributed by atoms with E-state index in [0.717, 1.165) is 37.8 Å². The van der Waals surface area contributed by atoms with Gasteiger partial charge in [0.1, 0.15) is 18.2 Å². The van der Waals surface area contributed by atoms with Crippen molar-refractivity contribution in [3.8, 4) is 5.75 Å². The van der Waals surface area contributed by atoms with Gasteiger partial charge in [-0.3, -0.25) is 4.90 Å². The maximum Gasteiger partial charge on any atom is 0.127 e. The molecule has 0 saturated carbocycles. The number of rotatable bonds is 8. The molecule has 6 nitrogen and oxygen atoms in total. The highest BCUT2D eigenvalue weighted by molar-refractivity contribution is 5.85. The van der Waals surface area contributed by atoms with E-state index in [1.165, 1.54) is 0 Å². The van der Waals surface area contributed by atoms with Crippen molar-refractivity contribution < 1.29 is 9.47 Å². The van der Waals surface area contributed by atoms with Gasteiger partial charge in [0.25, 0.3) is 0 Å². The molecule has 1 N–H and O–H groups in total. The molecule has 1 fully saturated rings. The van der Waals surface area contributed by atoms with Crippen LogP contribution in [0.5, 0.6) is 5.75 Å². The van der Waals surface area contributed by atoms with Crippen LogP contribution in [0.2, 0.25) is 0 Å². The number of benzene rings is 1. The molecule has 0 bridgehead atoms. The maximum absolute atomic E-state index is 5.74. The molecule has 0 aliphatic carbocycles. The summed E-state index contributed by atoms with van der Waals surface area (Å²) in [4.78, 5) is 6.94. The summed E-state index contributed by atoms with van der Waals surface area (Å²) in [7, 11) is 2.05. The Kier molecular flexibility index (Phi) is 8.21. The minimum Gasteiger partial charge on any atom is -0.491 e. The van der Waals surface area contributed by atoms with Gasteiger partial charge in [-0.1, -0.05) is 18.2 Å². The quantitative estimate of drug-likeness (QED) is 0.723. The number of piperazine rings is 1. The summed E-state index contributed by atoms with van der Waals surface area (Å²) in [5.74, 6) is 1.99. The normalized spacial score (nSPS) is 17.9. The molecular formula is C18H27ClN4O2. The SMILES string of the molecule is Cl.Cn1ccnc1C1CNCCN1CCOCCOc1ccccc1. The molecule has 1 aromatic carbocycles. The third kappa shape index (κ3) is 5.71. The van der Waals surface area contributed by atoms with Crippen LogP contribution in [0, 0.1) is 0 Å². The number of aryl methyl sites for hydroxylation is 1. The molecule has 7 heteroatoms. The fourth-order valence-electron chi connectivity index (χ4n) is 2.99. The Balaban J connectivity index is 0.00000225. The van der Waals surface area contributed by atoms with E-state index in [-0.39, 0.29) is 12.4 Å². The van der Waals surface area contributed by atoms with Crippen LogP contribution < -0.4 is 10.1 Å². The molecule has 1 aliphatic heterocycles. The number of halogens is 1. The van der Waals surface area contributed by atoms with Crippen molar-refractivity contribution in [2.45, 2.75) is 6.04 Å². The monoisotopic (exact) mass is 366 g/mol. The van der Waals surface area contributed by atoms with Crippen molar-refractivity contribution in [3.63, 3.8) is 0 Å². The molecule has 0 amide bonds. The van der Waals surface area contributed by atoms with Crippen LogP contribution in [-0.4, -0.2) is 60.5 Å². The van der Waals surface area contributed by atoms with Crippen LogP contribution in [0.15, 0.2) is 42.7 Å². The van der Waals surface area contributed by atoms with Gasteiger partial charge in [0, 0.05) is 45.6 Å². The molecular weight excluding hydrogens is 340 g/mol. The average molecular weight is 367 g/mol. The van der Waals surface area contributed by atoms with Crippen LogP contribution >= 0.6 is 12.4 Å². The molecule has 0 spiro atoms. The van der Waals surface area contributed by atoms with Gasteiger partial charge >= 0.3 is 0 Å². The van der Waals surface area contributed by atoms with Gasteiger partial charge in [-0.2, -0.15) is 0 Å². The first kappa shape index (κ1) is 19.7. The van der Waals surface area contributed by atoms with Crippen LogP contribution in [0.4, 0.5) is 0 Å². The number of nitrogens with one attached hydrogen (secondary N) is 1. The summed E-state index contributed by atoms with van der Waals surface area (Å²) in [6.07, 6.45) is 3.86. The van der Waals surface area contributed by atoms with Gasteiger partial charge in [-0.15, -0.1) is 12.4 Å². The van der Waals surface area contributed by atoms with E-state index >= 15 is 0 Å². The lowest BCUT2D eigenvalue weighted by Crippen LogP contribution is -2.47. The minimum atomic E-state index is 0. The van der Waals surface area contributed by atoms with Gasteiger partial charge in [0.05, 0.1) is 19.3 Å². The highest BCUT2D eigenvalue weighted by Crippen LogP contribution is 2.19. The smallest absolute Gasteiger partial charge is 0.127 e. The Morgan fingerprint density at radius 3 is 2.80 bits per heavy atom. The standard InChI is InChI=1S/C18H26N4O2.ClH/c1-21-9-8-20-18(21)17-15-19-7-10-22(17)11-12-23-13-14-24-16-5-3-2-4-6-16;/h2-6,8-9,17,19H,7,10-15H2,1H3;1H. The van der Waals surface area contributed by atoms with E-state index < -0.39 is 0 Å². The summed E-state index contributed by atoms with van der Waals surface area (Å²) in [6, 6.07) is 10.1. The third-order valence-corrected chi connectivity index (χ3v) is 4.27. The summed E-state index contributed by atoms with van der Waals surface area (Å²) >= 11 is 0. The highest BCUT2D eigenvalue weighted by Gasteiger charge is 2.26. The van der Waals surface area contributed by atoms with Crippen molar-refractivity contribution in [1.82, 2.24) is 19.8 Å². The number of nitrogens with zero attached hydrogens (tertiary/aromatic N) is 3. The fourth-order valence-corrected chi connectivity index (χ4v) is 2.99. The zero-order valence-corrected chi connectivity index (χ0v) is 15.5. The van der Waals surface area contributed by atoms with Gasteiger partial charge in [-0.25, -0.2) is 4.98 Å². The molecule has 3 rings (SSSR count). The van der Waals surface area contributed by atoms with Gasteiger partial charge < -0.3 is 19.4 Å². The number of hydrogen-bond donors (Lipinski definition) is 1. The Morgan fingerprint density at radius 2 is 2.04 bits per heavy atom. The van der Waals surface area contributed by atoms with E-state index in [2.05, 4.69) is 19.8 Å². The van der Waals surface area contributed by atoms with Crippen molar-refractivity contribution in [2.75, 3.05) is 46.0 Å². The van der Waals surface area contributed by atoms with Gasteiger partial charge in [0.2, 0.25) is 0 Å². The van der Waals surface area contributed by atoms with Crippen LogP contribution in [0.3, 0.4) is 0 Å². The number of aromatic nitrogens is 2. The molecule has 1 saturated heterocycles. The van der Waals surface area contributed by atoms with Crippen LogP contribution in [0.1, 0.15) is 11.9 Å². The summed E-state index contributed by atoms with van der Waals surface area (Å²) < 4.78 is 13.5. The third-order valence-electron chi connectivity index (χ3n) is 4.27. The lowest BCUT2D eigenvalue weighted by Gasteiger charge is -2.35. The molecule has 1 aromatic heterocycles. The second kappa shape index (κ2) is 10.4. The van der Waals surface area contributed by atoms with E-state index in [9.17, 15) is 0 Å². The van der Waals surface area contributed by atoms with Crippen LogP contribution in [0.25, 0.3) is 0 Å². The van der Waals surface area contributed by atoms with Gasteiger partial charge in [0.15, 0.2) is 0 Å². The lowest BCUT2D eigenvalue weighted by atomic mass is 10.2. The zero-order chi connectivity index (χ0) is 16.6. The maximum atomic E-state index is 5.74. The summed E-state index contributed by atoms with van der Waals surface area (Å²) in [5, 5.41) is 3.45. The Labute approximate surface area is 155 Å². The van der Waals surface area contributed by atoms with Crippen molar-refractivity contribution in [2.24, 2.45) is 7.05 Å². The number of para-hydroxylation sites is 1. The molecule has 25 heavy (non-hydrogen) atoms. The average Bonchev–Trinajstić information content (AvgIpc) is 3.05. The molecule has 2 heterocycles. The Bertz CT molecular complexity index is 608. The summed E-state index contributed by atoms with van der Waals surface area (Å²) in [6.45, 7) is 5.76. The number of ether oxygens (including phenoxy) is 2. The first-order valence-corrected chi connectivity index (χ1v) is 8.52. The van der Waals surface area contributed by atoms with Crippen molar-refractivity contribution in [3.05, 3.63) is 48.5 Å². The molecule has 1 aliphatic rings. The highest BCUT2D eigenvalue weighted by atomic mass is 35.5. The second-order valence-corrected chi connectivity index (χ2v) is 5.93. The largest absolute Gasteiger partial charge is 0.491 e. The van der Waals surface area contributed by atoms with Crippen molar-refractivity contribution in [1.29, 1.82) is 0 Å². The van der Waals surface area contributed by atoms with Crippen LogP contribution in [-0.2, 0) is 11.8 Å². The van der Waals surface area contributed by atoms with Crippen molar-refractivity contribution >= 4 is 12.4 Å². The Morgan fingerprint density at radius 1 is 1.20 bits per heavy atom. The van der Waals surface area contributed by atoms with Gasteiger partial charge in [-0.05, 0) is 12.1 Å². The molecule has 2 aromatic rings. The number of hydrogen-bond acceptors (Lipinski definition) is 5. The summed E-state index contributed by atoms with van der Waals surface area (Å²) in [5.41, 5.74) is 0. The predicted molar refractivity (Wildman–Crippen MR) is 100 cm³/mol. The molecule has 1 atom stereocenters. The second-order valence-electron chi connectivity index (χ2n) is 5.93. The first-order chi connectivity index (χ1) is 11.8. The van der Waals surface area contributed by atoms with E-state index in [1.807, 2.05) is 49.8 Å².